The molecule has 0 bridgehead atoms. The Morgan fingerprint density at radius 2 is 2.10 bits per heavy atom. The minimum Gasteiger partial charge on any atom is -0.332 e. The minimum atomic E-state index is -0.935. The van der Waals surface area contributed by atoms with E-state index in [4.69, 9.17) is 11.6 Å². The fourth-order valence-corrected chi connectivity index (χ4v) is 2.29. The van der Waals surface area contributed by atoms with Crippen LogP contribution < -0.4 is 10.2 Å². The van der Waals surface area contributed by atoms with Crippen molar-refractivity contribution in [1.29, 1.82) is 0 Å². The van der Waals surface area contributed by atoms with Crippen LogP contribution >= 0.6 is 11.6 Å². The maximum absolute atomic E-state index is 12.0. The lowest BCUT2D eigenvalue weighted by Gasteiger charge is -2.41. The molecular formula is C11H11ClN6O2. The first-order valence-corrected chi connectivity index (χ1v) is 6.26. The molecule has 0 aromatic carbocycles. The average Bonchev–Trinajstić information content (AvgIpc) is 2.81. The summed E-state index contributed by atoms with van der Waals surface area (Å²) >= 11 is 5.88. The molecule has 1 saturated heterocycles. The number of nitrogens with zero attached hydrogens (tertiary/aromatic N) is 4. The fraction of sp³-hybridized carbons (Fsp3) is 0.364. The van der Waals surface area contributed by atoms with Crippen molar-refractivity contribution >= 4 is 40.3 Å². The van der Waals surface area contributed by atoms with E-state index in [1.807, 2.05) is 0 Å². The molecule has 2 amide bonds. The number of piperazine rings is 1. The molecule has 0 spiro atoms. The van der Waals surface area contributed by atoms with E-state index < -0.39 is 5.54 Å². The van der Waals surface area contributed by atoms with Gasteiger partial charge in [-0.15, -0.1) is 0 Å². The van der Waals surface area contributed by atoms with Gasteiger partial charge in [0.15, 0.2) is 5.65 Å². The highest BCUT2D eigenvalue weighted by atomic mass is 35.5. The number of halogens is 1. The van der Waals surface area contributed by atoms with Gasteiger partial charge >= 0.3 is 0 Å². The molecule has 20 heavy (non-hydrogen) atoms. The third-order valence-electron chi connectivity index (χ3n) is 3.30. The standard InChI is InChI=1S/C11H11ClN6O2/c1-11(2)9(20)14-6(19)4-18(11)8-5-3-13-17-7(5)15-10(12)16-8/h3H,4H2,1-2H3,(H,14,19,20)(H,13,15,16,17). The minimum absolute atomic E-state index is 0.00631. The van der Waals surface area contributed by atoms with Gasteiger partial charge in [0.25, 0.3) is 5.91 Å². The van der Waals surface area contributed by atoms with Gasteiger partial charge in [0.2, 0.25) is 11.2 Å². The van der Waals surface area contributed by atoms with Crippen LogP contribution in [-0.2, 0) is 9.59 Å². The van der Waals surface area contributed by atoms with Crippen LogP contribution in [0.25, 0.3) is 11.0 Å². The van der Waals surface area contributed by atoms with Gasteiger partial charge in [0.1, 0.15) is 11.4 Å². The Morgan fingerprint density at radius 3 is 2.85 bits per heavy atom. The first-order chi connectivity index (χ1) is 9.39. The lowest BCUT2D eigenvalue weighted by atomic mass is 9.98. The van der Waals surface area contributed by atoms with Crippen molar-refractivity contribution in [3.05, 3.63) is 11.5 Å². The Balaban J connectivity index is 2.20. The van der Waals surface area contributed by atoms with E-state index in [0.717, 1.165) is 0 Å². The predicted molar refractivity (Wildman–Crippen MR) is 71.3 cm³/mol. The molecule has 0 radical (unpaired) electrons. The molecule has 1 fully saturated rings. The number of hydrogen-bond acceptors (Lipinski definition) is 6. The van der Waals surface area contributed by atoms with Gasteiger partial charge in [-0.05, 0) is 25.4 Å². The molecule has 2 aromatic heterocycles. The Labute approximate surface area is 118 Å². The summed E-state index contributed by atoms with van der Waals surface area (Å²) < 4.78 is 0. The van der Waals surface area contributed by atoms with E-state index in [1.165, 1.54) is 6.20 Å². The number of aromatic nitrogens is 4. The largest absolute Gasteiger partial charge is 0.332 e. The van der Waals surface area contributed by atoms with E-state index in [9.17, 15) is 9.59 Å². The van der Waals surface area contributed by atoms with Crippen LogP contribution in [0.3, 0.4) is 0 Å². The molecule has 0 aliphatic carbocycles. The monoisotopic (exact) mass is 294 g/mol. The molecule has 0 saturated carbocycles. The highest BCUT2D eigenvalue weighted by Crippen LogP contribution is 2.30. The molecule has 104 valence electrons. The number of H-pyrrole nitrogens is 1. The number of rotatable bonds is 1. The van der Waals surface area contributed by atoms with Gasteiger partial charge < -0.3 is 4.90 Å². The van der Waals surface area contributed by atoms with Gasteiger partial charge in [-0.3, -0.25) is 20.0 Å². The first kappa shape index (κ1) is 12.8. The zero-order chi connectivity index (χ0) is 14.5. The van der Waals surface area contributed by atoms with E-state index in [1.54, 1.807) is 18.7 Å². The van der Waals surface area contributed by atoms with E-state index in [-0.39, 0.29) is 23.6 Å². The van der Waals surface area contributed by atoms with Crippen LogP contribution in [0.1, 0.15) is 13.8 Å². The van der Waals surface area contributed by atoms with Crippen molar-refractivity contribution in [2.75, 3.05) is 11.4 Å². The lowest BCUT2D eigenvalue weighted by Crippen LogP contribution is -2.64. The number of hydrogen-bond donors (Lipinski definition) is 2. The van der Waals surface area contributed by atoms with Crippen LogP contribution in [0, 0.1) is 0 Å². The number of anilines is 1. The molecule has 3 heterocycles. The number of fused-ring (bicyclic) bond motifs is 1. The summed E-state index contributed by atoms with van der Waals surface area (Å²) in [5, 5.41) is 9.51. The van der Waals surface area contributed by atoms with Gasteiger partial charge in [0.05, 0.1) is 18.1 Å². The quantitative estimate of drug-likeness (QED) is 0.577. The third-order valence-corrected chi connectivity index (χ3v) is 3.47. The number of imide groups is 1. The second-order valence-electron chi connectivity index (χ2n) is 4.97. The van der Waals surface area contributed by atoms with Crippen molar-refractivity contribution < 1.29 is 9.59 Å². The maximum Gasteiger partial charge on any atom is 0.251 e. The first-order valence-electron chi connectivity index (χ1n) is 5.88. The highest BCUT2D eigenvalue weighted by Gasteiger charge is 2.42. The van der Waals surface area contributed by atoms with E-state index in [0.29, 0.717) is 16.9 Å². The lowest BCUT2D eigenvalue weighted by molar-refractivity contribution is -0.135. The molecule has 9 heteroatoms. The summed E-state index contributed by atoms with van der Waals surface area (Å²) in [7, 11) is 0. The molecule has 2 aromatic rings. The molecule has 1 aliphatic rings. The Kier molecular flexibility index (Phi) is 2.65. The Morgan fingerprint density at radius 1 is 1.35 bits per heavy atom. The smallest absolute Gasteiger partial charge is 0.251 e. The van der Waals surface area contributed by atoms with E-state index in [2.05, 4.69) is 25.5 Å². The Hall–Kier alpha value is -2.22. The fourth-order valence-electron chi connectivity index (χ4n) is 2.12. The molecular weight excluding hydrogens is 284 g/mol. The summed E-state index contributed by atoms with van der Waals surface area (Å²) in [5.41, 5.74) is -0.482. The van der Waals surface area contributed by atoms with Crippen LogP contribution in [0.4, 0.5) is 5.82 Å². The summed E-state index contributed by atoms with van der Waals surface area (Å²) in [6, 6.07) is 0. The van der Waals surface area contributed by atoms with Crippen LogP contribution in [-0.4, -0.2) is 44.1 Å². The van der Waals surface area contributed by atoms with Crippen LogP contribution in [0.5, 0.6) is 0 Å². The van der Waals surface area contributed by atoms with Gasteiger partial charge in [-0.2, -0.15) is 15.1 Å². The predicted octanol–water partition coefficient (Wildman–Crippen LogP) is 0.248. The zero-order valence-electron chi connectivity index (χ0n) is 10.8. The van der Waals surface area contributed by atoms with Crippen molar-refractivity contribution in [1.82, 2.24) is 25.5 Å². The van der Waals surface area contributed by atoms with Crippen LogP contribution in [0.2, 0.25) is 5.28 Å². The molecule has 8 nitrogen and oxygen atoms in total. The van der Waals surface area contributed by atoms with Gasteiger partial charge in [-0.25, -0.2) is 0 Å². The number of aromatic amines is 1. The van der Waals surface area contributed by atoms with Crippen molar-refractivity contribution in [3.63, 3.8) is 0 Å². The van der Waals surface area contributed by atoms with Crippen LogP contribution in [0.15, 0.2) is 6.20 Å². The molecule has 1 aliphatic heterocycles. The second kappa shape index (κ2) is 4.14. The molecule has 0 atom stereocenters. The Bertz CT molecular complexity index is 725. The normalized spacial score (nSPS) is 18.4. The van der Waals surface area contributed by atoms with Gasteiger partial charge in [-0.1, -0.05) is 0 Å². The van der Waals surface area contributed by atoms with E-state index >= 15 is 0 Å². The summed E-state index contributed by atoms with van der Waals surface area (Å²) in [4.78, 5) is 33.4. The SMILES string of the molecule is CC1(C)C(=O)NC(=O)CN1c1nc(Cl)nc2[nH]ncc12. The number of carbonyl (C=O) groups excluding carboxylic acids is 2. The topological polar surface area (TPSA) is 104 Å². The summed E-state index contributed by atoms with van der Waals surface area (Å²) in [5.74, 6) is -0.372. The number of amides is 2. The summed E-state index contributed by atoms with van der Waals surface area (Å²) in [6.07, 6.45) is 1.54. The second-order valence-corrected chi connectivity index (χ2v) is 5.31. The number of carbonyl (C=O) groups is 2. The number of nitrogens with one attached hydrogen (secondary N) is 2. The summed E-state index contributed by atoms with van der Waals surface area (Å²) in [6.45, 7) is 3.42. The van der Waals surface area contributed by atoms with Crippen molar-refractivity contribution in [3.8, 4) is 0 Å². The third kappa shape index (κ3) is 1.80. The highest BCUT2D eigenvalue weighted by molar-refractivity contribution is 6.28. The maximum atomic E-state index is 12.0. The van der Waals surface area contributed by atoms with Crippen molar-refractivity contribution in [2.24, 2.45) is 0 Å². The average molecular weight is 295 g/mol. The van der Waals surface area contributed by atoms with Crippen molar-refractivity contribution in [2.45, 2.75) is 19.4 Å². The molecule has 2 N–H and O–H groups in total. The molecule has 3 rings (SSSR count). The molecule has 0 unspecified atom stereocenters. The zero-order valence-corrected chi connectivity index (χ0v) is 11.5. The van der Waals surface area contributed by atoms with Gasteiger partial charge in [0, 0.05) is 0 Å².